The Morgan fingerprint density at radius 2 is 1.92 bits per heavy atom. The van der Waals surface area contributed by atoms with E-state index < -0.39 is 16.9 Å². The van der Waals surface area contributed by atoms with E-state index in [4.69, 9.17) is 4.74 Å². The smallest absolute Gasteiger partial charge is 0.270 e. The first-order valence-electron chi connectivity index (χ1n) is 11.3. The number of nitro groups is 1. The average Bonchev–Trinajstić information content (AvgIpc) is 3.28. The number of amides is 2. The predicted octanol–water partition coefficient (Wildman–Crippen LogP) is 4.07. The maximum atomic E-state index is 12.9. The Morgan fingerprint density at radius 3 is 2.58 bits per heavy atom. The van der Waals surface area contributed by atoms with Gasteiger partial charge in [0.2, 0.25) is 5.91 Å². The van der Waals surface area contributed by atoms with Crippen LogP contribution in [-0.4, -0.2) is 44.4 Å². The van der Waals surface area contributed by atoms with Gasteiger partial charge in [-0.1, -0.05) is 43.8 Å². The molecule has 0 saturated carbocycles. The minimum Gasteiger partial charge on any atom is -0.495 e. The number of carbonyl (C=O) groups excluding carboxylic acids is 2. The first-order chi connectivity index (χ1) is 17.2. The van der Waals surface area contributed by atoms with E-state index in [1.165, 1.54) is 43.1 Å². The van der Waals surface area contributed by atoms with Gasteiger partial charge in [0.1, 0.15) is 5.75 Å². The molecular formula is C24H28N6O5S. The number of aromatic nitrogens is 3. The quantitative estimate of drug-likeness (QED) is 0.222. The maximum Gasteiger partial charge on any atom is 0.270 e. The molecule has 190 valence electrons. The highest BCUT2D eigenvalue weighted by Gasteiger charge is 2.26. The molecule has 1 aromatic heterocycles. The molecule has 0 fully saturated rings. The van der Waals surface area contributed by atoms with Crippen molar-refractivity contribution in [2.24, 2.45) is 5.92 Å². The van der Waals surface area contributed by atoms with E-state index in [1.807, 2.05) is 31.4 Å². The van der Waals surface area contributed by atoms with Crippen LogP contribution in [-0.2, 0) is 11.3 Å². The van der Waals surface area contributed by atoms with Crippen molar-refractivity contribution in [3.05, 3.63) is 70.0 Å². The van der Waals surface area contributed by atoms with Gasteiger partial charge in [0, 0.05) is 24.2 Å². The predicted molar refractivity (Wildman–Crippen MR) is 136 cm³/mol. The van der Waals surface area contributed by atoms with Crippen molar-refractivity contribution in [2.75, 3.05) is 18.2 Å². The number of non-ortho nitro benzene ring substituents is 1. The normalized spacial score (nSPS) is 11.7. The lowest BCUT2D eigenvalue weighted by atomic mass is 10.0. The van der Waals surface area contributed by atoms with Crippen LogP contribution in [0.3, 0.4) is 0 Å². The Hall–Kier alpha value is -3.93. The zero-order valence-corrected chi connectivity index (χ0v) is 21.2. The third kappa shape index (κ3) is 6.39. The van der Waals surface area contributed by atoms with Crippen LogP contribution < -0.4 is 15.4 Å². The molecule has 3 rings (SSSR count). The number of methoxy groups -OCH3 is 1. The van der Waals surface area contributed by atoms with Gasteiger partial charge in [0.25, 0.3) is 11.6 Å². The zero-order chi connectivity index (χ0) is 26.2. The van der Waals surface area contributed by atoms with Crippen LogP contribution in [0.4, 0.5) is 11.4 Å². The Balaban J connectivity index is 1.73. The van der Waals surface area contributed by atoms with Crippen molar-refractivity contribution in [1.82, 2.24) is 20.1 Å². The van der Waals surface area contributed by atoms with Crippen LogP contribution in [0.15, 0.2) is 53.7 Å². The monoisotopic (exact) mass is 512 g/mol. The Bertz CT molecular complexity index is 1250. The van der Waals surface area contributed by atoms with Crippen molar-refractivity contribution in [1.29, 1.82) is 0 Å². The van der Waals surface area contributed by atoms with Gasteiger partial charge in [-0.05, 0) is 31.0 Å². The van der Waals surface area contributed by atoms with Crippen LogP contribution >= 0.6 is 11.8 Å². The first kappa shape index (κ1) is 26.7. The lowest BCUT2D eigenvalue weighted by Crippen LogP contribution is -2.33. The number of nitro benzene ring substituents is 1. The van der Waals surface area contributed by atoms with Crippen molar-refractivity contribution < 1.29 is 19.2 Å². The minimum absolute atomic E-state index is 0.0474. The molecule has 2 N–H and O–H groups in total. The largest absolute Gasteiger partial charge is 0.495 e. The van der Waals surface area contributed by atoms with E-state index in [9.17, 15) is 19.7 Å². The van der Waals surface area contributed by atoms with Crippen LogP contribution in [0, 0.1) is 16.0 Å². The van der Waals surface area contributed by atoms with E-state index in [1.54, 1.807) is 18.2 Å². The van der Waals surface area contributed by atoms with Crippen LogP contribution in [0.25, 0.3) is 0 Å². The molecule has 0 spiro atoms. The summed E-state index contributed by atoms with van der Waals surface area (Å²) in [4.78, 5) is 36.0. The Kier molecular flexibility index (Phi) is 9.01. The van der Waals surface area contributed by atoms with Gasteiger partial charge >= 0.3 is 0 Å². The number of ether oxygens (including phenoxy) is 1. The molecule has 2 amide bonds. The molecule has 0 aliphatic heterocycles. The molecule has 1 heterocycles. The van der Waals surface area contributed by atoms with Gasteiger partial charge in [-0.15, -0.1) is 10.2 Å². The summed E-state index contributed by atoms with van der Waals surface area (Å²) in [7, 11) is 1.54. The number of hydrogen-bond acceptors (Lipinski definition) is 8. The number of carbonyl (C=O) groups is 2. The topological polar surface area (TPSA) is 141 Å². The SMILES string of the molecule is CCn1c(SCC(=O)Nc2ccccc2OC)nnc1[C@@H](NC(=O)c1cccc([N+](=O)[O-])c1)C(C)C. The highest BCUT2D eigenvalue weighted by molar-refractivity contribution is 7.99. The Morgan fingerprint density at radius 1 is 1.17 bits per heavy atom. The summed E-state index contributed by atoms with van der Waals surface area (Å²) < 4.78 is 7.11. The summed E-state index contributed by atoms with van der Waals surface area (Å²) in [6.45, 7) is 6.31. The van der Waals surface area contributed by atoms with Gasteiger partial charge in [0.05, 0.1) is 29.5 Å². The molecule has 2 aromatic carbocycles. The number of anilines is 1. The number of para-hydroxylation sites is 2. The maximum absolute atomic E-state index is 12.9. The summed E-state index contributed by atoms with van der Waals surface area (Å²) in [5.74, 6) is 0.481. The van der Waals surface area contributed by atoms with Gasteiger partial charge in [0.15, 0.2) is 11.0 Å². The molecule has 0 unspecified atom stereocenters. The molecule has 0 radical (unpaired) electrons. The number of benzene rings is 2. The van der Waals surface area contributed by atoms with E-state index in [0.717, 1.165) is 0 Å². The third-order valence-electron chi connectivity index (χ3n) is 5.33. The van der Waals surface area contributed by atoms with Gasteiger partial charge < -0.3 is 19.9 Å². The second-order valence-electron chi connectivity index (χ2n) is 8.12. The van der Waals surface area contributed by atoms with Crippen molar-refractivity contribution in [3.63, 3.8) is 0 Å². The van der Waals surface area contributed by atoms with Gasteiger partial charge in [-0.2, -0.15) is 0 Å². The molecule has 0 bridgehead atoms. The summed E-state index contributed by atoms with van der Waals surface area (Å²) in [6.07, 6.45) is 0. The molecule has 36 heavy (non-hydrogen) atoms. The third-order valence-corrected chi connectivity index (χ3v) is 6.29. The summed E-state index contributed by atoms with van der Waals surface area (Å²) >= 11 is 1.23. The van der Waals surface area contributed by atoms with Crippen molar-refractivity contribution in [2.45, 2.75) is 38.5 Å². The number of hydrogen-bond donors (Lipinski definition) is 2. The highest BCUT2D eigenvalue weighted by atomic mass is 32.2. The van der Waals surface area contributed by atoms with Gasteiger partial charge in [-0.25, -0.2) is 0 Å². The first-order valence-corrected chi connectivity index (χ1v) is 12.3. The van der Waals surface area contributed by atoms with Crippen molar-refractivity contribution in [3.8, 4) is 5.75 Å². The fourth-order valence-electron chi connectivity index (χ4n) is 3.51. The molecule has 0 aliphatic carbocycles. The molecule has 0 aliphatic rings. The van der Waals surface area contributed by atoms with E-state index in [0.29, 0.717) is 29.0 Å². The number of nitrogens with one attached hydrogen (secondary N) is 2. The molecule has 1 atom stereocenters. The standard InChI is InChI=1S/C24H28N6O5S/c1-5-29-22(21(15(2)3)26-23(32)16-9-8-10-17(13-16)30(33)34)27-28-24(29)36-14-20(31)25-18-11-6-7-12-19(18)35-4/h6-13,15,21H,5,14H2,1-4H3,(H,25,31)(H,26,32)/t21-/m0/s1. The molecule has 0 saturated heterocycles. The fourth-order valence-corrected chi connectivity index (χ4v) is 4.32. The molecular weight excluding hydrogens is 484 g/mol. The number of thioether (sulfide) groups is 1. The zero-order valence-electron chi connectivity index (χ0n) is 20.4. The lowest BCUT2D eigenvalue weighted by Gasteiger charge is -2.22. The summed E-state index contributed by atoms with van der Waals surface area (Å²) in [6, 6.07) is 12.2. The van der Waals surface area contributed by atoms with E-state index >= 15 is 0 Å². The van der Waals surface area contributed by atoms with Crippen LogP contribution in [0.2, 0.25) is 0 Å². The molecule has 3 aromatic rings. The molecule has 11 nitrogen and oxygen atoms in total. The summed E-state index contributed by atoms with van der Waals surface area (Å²) in [5, 5.41) is 25.9. The second-order valence-corrected chi connectivity index (χ2v) is 9.07. The number of rotatable bonds is 11. The van der Waals surface area contributed by atoms with E-state index in [2.05, 4.69) is 20.8 Å². The lowest BCUT2D eigenvalue weighted by molar-refractivity contribution is -0.384. The summed E-state index contributed by atoms with van der Waals surface area (Å²) in [5.41, 5.74) is 0.595. The average molecular weight is 513 g/mol. The minimum atomic E-state index is -0.544. The van der Waals surface area contributed by atoms with E-state index in [-0.39, 0.29) is 28.8 Å². The van der Waals surface area contributed by atoms with Crippen LogP contribution in [0.1, 0.15) is 43.0 Å². The number of nitrogens with zero attached hydrogens (tertiary/aromatic N) is 4. The molecule has 12 heteroatoms. The van der Waals surface area contributed by atoms with Gasteiger partial charge in [-0.3, -0.25) is 19.7 Å². The van der Waals surface area contributed by atoms with Crippen LogP contribution in [0.5, 0.6) is 5.75 Å². The fraction of sp³-hybridized carbons (Fsp3) is 0.333. The Labute approximate surface area is 212 Å². The van der Waals surface area contributed by atoms with Crippen molar-refractivity contribution >= 4 is 35.0 Å². The highest BCUT2D eigenvalue weighted by Crippen LogP contribution is 2.27. The second kappa shape index (κ2) is 12.2.